The fourth-order valence-electron chi connectivity index (χ4n) is 3.72. The minimum atomic E-state index is -4.56. The summed E-state index contributed by atoms with van der Waals surface area (Å²) in [6.07, 6.45) is -0.184. The molecule has 0 bridgehead atoms. The number of allylic oxidation sites excluding steroid dienone is 1. The second kappa shape index (κ2) is 9.57. The predicted molar refractivity (Wildman–Crippen MR) is 128 cm³/mol. The lowest BCUT2D eigenvalue weighted by Gasteiger charge is -2.18. The van der Waals surface area contributed by atoms with E-state index < -0.39 is 12.1 Å². The molecule has 1 saturated carbocycles. The number of carbonyl (C=O) groups excluding carboxylic acids is 1. The Balaban J connectivity index is 1.67. The molecule has 4 rings (SSSR count). The molecule has 1 N–H and O–H groups in total. The van der Waals surface area contributed by atoms with Crippen LogP contribution in [-0.4, -0.2) is 12.1 Å². The SMILES string of the molecule is O=C(NCc1ccc(C=CC(c2cc(Cl)c(Cl)c(Cl)c2)C(F)(F)F)c2ccccc12)C1CC1. The topological polar surface area (TPSA) is 29.1 Å². The number of alkyl halides is 3. The van der Waals surface area contributed by atoms with E-state index in [4.69, 9.17) is 34.8 Å². The second-order valence-corrected chi connectivity index (χ2v) is 9.22. The highest BCUT2D eigenvalue weighted by molar-refractivity contribution is 6.48. The zero-order chi connectivity index (χ0) is 23.8. The van der Waals surface area contributed by atoms with Crippen molar-refractivity contribution >= 4 is 57.6 Å². The van der Waals surface area contributed by atoms with Crippen molar-refractivity contribution in [2.24, 2.45) is 5.92 Å². The number of benzene rings is 3. The lowest BCUT2D eigenvalue weighted by molar-refractivity contribution is -0.139. The average molecular weight is 513 g/mol. The van der Waals surface area contributed by atoms with Gasteiger partial charge in [-0.15, -0.1) is 0 Å². The average Bonchev–Trinajstić information content (AvgIpc) is 3.61. The maximum absolute atomic E-state index is 13.9. The summed E-state index contributed by atoms with van der Waals surface area (Å²) < 4.78 is 41.7. The van der Waals surface area contributed by atoms with Crippen LogP contribution < -0.4 is 5.32 Å². The van der Waals surface area contributed by atoms with Crippen molar-refractivity contribution in [3.63, 3.8) is 0 Å². The summed E-state index contributed by atoms with van der Waals surface area (Å²) >= 11 is 17.8. The molecule has 2 nitrogen and oxygen atoms in total. The zero-order valence-electron chi connectivity index (χ0n) is 17.2. The molecular formula is C25H19Cl3F3NO. The first kappa shape index (κ1) is 23.9. The standard InChI is InChI=1S/C25H19Cl3F3NO/c26-21-11-17(12-22(27)23(21)28)20(25(29,30)31)10-9-14-5-8-16(13-32-24(33)15-6-7-15)19-4-2-1-3-18(14)19/h1-5,8-12,15,20H,6-7,13H2,(H,32,33). The third kappa shape index (κ3) is 5.48. The van der Waals surface area contributed by atoms with E-state index >= 15 is 0 Å². The van der Waals surface area contributed by atoms with Crippen LogP contribution in [0.4, 0.5) is 13.2 Å². The highest BCUT2D eigenvalue weighted by atomic mass is 35.5. The molecule has 0 saturated heterocycles. The lowest BCUT2D eigenvalue weighted by Crippen LogP contribution is -2.24. The molecule has 1 aliphatic rings. The van der Waals surface area contributed by atoms with Crippen molar-refractivity contribution in [1.82, 2.24) is 5.32 Å². The fraction of sp³-hybridized carbons (Fsp3) is 0.240. The first-order chi connectivity index (χ1) is 15.6. The van der Waals surface area contributed by atoms with Crippen LogP contribution in [0.1, 0.15) is 35.4 Å². The Kier molecular flexibility index (Phi) is 6.94. The summed E-state index contributed by atoms with van der Waals surface area (Å²) in [5.41, 5.74) is 1.44. The molecule has 172 valence electrons. The van der Waals surface area contributed by atoms with Gasteiger partial charge < -0.3 is 5.32 Å². The first-order valence-corrected chi connectivity index (χ1v) is 11.5. The second-order valence-electron chi connectivity index (χ2n) is 8.03. The Morgan fingerprint density at radius 1 is 1.03 bits per heavy atom. The maximum atomic E-state index is 13.9. The van der Waals surface area contributed by atoms with Crippen molar-refractivity contribution in [1.29, 1.82) is 0 Å². The number of halogens is 6. The van der Waals surface area contributed by atoms with Crippen molar-refractivity contribution in [2.75, 3.05) is 0 Å². The molecule has 0 aromatic heterocycles. The van der Waals surface area contributed by atoms with Crippen LogP contribution in [0.3, 0.4) is 0 Å². The molecule has 3 aromatic rings. The molecule has 8 heteroatoms. The summed E-state index contributed by atoms with van der Waals surface area (Å²) in [4.78, 5) is 12.0. The van der Waals surface area contributed by atoms with Gasteiger partial charge in [0.2, 0.25) is 5.91 Å². The van der Waals surface area contributed by atoms with Crippen molar-refractivity contribution in [2.45, 2.75) is 31.5 Å². The number of rotatable bonds is 6. The van der Waals surface area contributed by atoms with E-state index in [1.807, 2.05) is 30.3 Å². The molecule has 3 aromatic carbocycles. The molecule has 33 heavy (non-hydrogen) atoms. The molecule has 0 heterocycles. The number of hydrogen-bond donors (Lipinski definition) is 1. The van der Waals surface area contributed by atoms with E-state index in [-0.39, 0.29) is 32.5 Å². The maximum Gasteiger partial charge on any atom is 0.399 e. The van der Waals surface area contributed by atoms with Gasteiger partial charge in [-0.25, -0.2) is 0 Å². The minimum Gasteiger partial charge on any atom is -0.352 e. The Labute approximate surface area is 204 Å². The van der Waals surface area contributed by atoms with Gasteiger partial charge in [0.15, 0.2) is 0 Å². The number of carbonyl (C=O) groups is 1. The Bertz CT molecular complexity index is 1210. The summed E-state index contributed by atoms with van der Waals surface area (Å²) in [6.45, 7) is 0.368. The van der Waals surface area contributed by atoms with Crippen molar-refractivity contribution in [3.05, 3.63) is 86.4 Å². The zero-order valence-corrected chi connectivity index (χ0v) is 19.5. The summed E-state index contributed by atoms with van der Waals surface area (Å²) in [6, 6.07) is 13.4. The summed E-state index contributed by atoms with van der Waals surface area (Å²) in [7, 11) is 0. The Morgan fingerprint density at radius 2 is 1.67 bits per heavy atom. The minimum absolute atomic E-state index is 0.0161. The van der Waals surface area contributed by atoms with E-state index in [0.717, 1.165) is 35.3 Å². The Morgan fingerprint density at radius 3 is 2.27 bits per heavy atom. The van der Waals surface area contributed by atoms with Gasteiger partial charge in [0.25, 0.3) is 0 Å². The van der Waals surface area contributed by atoms with Crippen LogP contribution in [-0.2, 0) is 11.3 Å². The summed E-state index contributed by atoms with van der Waals surface area (Å²) in [5, 5.41) is 4.54. The van der Waals surface area contributed by atoms with Crippen LogP contribution in [0.15, 0.2) is 54.6 Å². The molecule has 0 spiro atoms. The molecular weight excluding hydrogens is 494 g/mol. The van der Waals surface area contributed by atoms with Gasteiger partial charge in [-0.1, -0.05) is 83.4 Å². The lowest BCUT2D eigenvalue weighted by atomic mass is 9.95. The monoisotopic (exact) mass is 511 g/mol. The van der Waals surface area contributed by atoms with Crippen LogP contribution >= 0.6 is 34.8 Å². The molecule has 1 atom stereocenters. The predicted octanol–water partition coefficient (Wildman–Crippen LogP) is 8.19. The largest absolute Gasteiger partial charge is 0.399 e. The number of amides is 1. The Hall–Kier alpha value is -2.21. The quantitative estimate of drug-likeness (QED) is 0.331. The van der Waals surface area contributed by atoms with Gasteiger partial charge >= 0.3 is 6.18 Å². The van der Waals surface area contributed by atoms with Crippen molar-refractivity contribution in [3.8, 4) is 0 Å². The van der Waals surface area contributed by atoms with Gasteiger partial charge in [-0.2, -0.15) is 13.2 Å². The summed E-state index contributed by atoms with van der Waals surface area (Å²) in [5.74, 6) is -1.77. The fourth-order valence-corrected chi connectivity index (χ4v) is 4.33. The normalized spacial score (nSPS) is 15.2. The number of hydrogen-bond acceptors (Lipinski definition) is 1. The van der Waals surface area contributed by atoms with Gasteiger partial charge in [-0.3, -0.25) is 4.79 Å². The number of nitrogens with one attached hydrogen (secondary N) is 1. The molecule has 0 aliphatic heterocycles. The number of fused-ring (bicyclic) bond motifs is 1. The van der Waals surface area contributed by atoms with Gasteiger partial charge in [-0.05, 0) is 52.4 Å². The van der Waals surface area contributed by atoms with Crippen LogP contribution in [0, 0.1) is 5.92 Å². The molecule has 1 amide bonds. The third-order valence-electron chi connectivity index (χ3n) is 5.64. The van der Waals surface area contributed by atoms with E-state index in [0.29, 0.717) is 12.1 Å². The van der Waals surface area contributed by atoms with E-state index in [2.05, 4.69) is 5.32 Å². The highest BCUT2D eigenvalue weighted by Gasteiger charge is 2.39. The van der Waals surface area contributed by atoms with Crippen LogP contribution in [0.5, 0.6) is 0 Å². The van der Waals surface area contributed by atoms with E-state index in [1.165, 1.54) is 18.2 Å². The first-order valence-electron chi connectivity index (χ1n) is 10.3. The van der Waals surface area contributed by atoms with E-state index in [1.54, 1.807) is 6.07 Å². The smallest absolute Gasteiger partial charge is 0.352 e. The molecule has 0 radical (unpaired) electrons. The van der Waals surface area contributed by atoms with Crippen LogP contribution in [0.2, 0.25) is 15.1 Å². The van der Waals surface area contributed by atoms with Crippen molar-refractivity contribution < 1.29 is 18.0 Å². The van der Waals surface area contributed by atoms with E-state index in [9.17, 15) is 18.0 Å². The highest BCUT2D eigenvalue weighted by Crippen LogP contribution is 2.41. The third-order valence-corrected chi connectivity index (χ3v) is 6.83. The van der Waals surface area contributed by atoms with Gasteiger partial charge in [0, 0.05) is 12.5 Å². The van der Waals surface area contributed by atoms with Gasteiger partial charge in [0.1, 0.15) is 0 Å². The van der Waals surface area contributed by atoms with Gasteiger partial charge in [0.05, 0.1) is 21.0 Å². The molecule has 1 unspecified atom stereocenters. The molecule has 1 fully saturated rings. The van der Waals surface area contributed by atoms with Crippen LogP contribution in [0.25, 0.3) is 16.8 Å². The molecule has 1 aliphatic carbocycles.